The van der Waals surface area contributed by atoms with Crippen LogP contribution in [0, 0.1) is 12.8 Å². The number of aliphatic hydroxyl groups excluding tert-OH is 1. The first-order chi connectivity index (χ1) is 9.15. The Labute approximate surface area is 112 Å². The van der Waals surface area contributed by atoms with Crippen LogP contribution in [0.25, 0.3) is 0 Å². The molecule has 0 radical (unpaired) electrons. The summed E-state index contributed by atoms with van der Waals surface area (Å²) in [5.41, 5.74) is 6.81. The summed E-state index contributed by atoms with van der Waals surface area (Å²) in [6, 6.07) is 0. The average molecular weight is 266 g/mol. The van der Waals surface area contributed by atoms with E-state index in [1.54, 1.807) is 0 Å². The first-order valence-corrected chi connectivity index (χ1v) is 6.81. The SMILES string of the molecule is Cc1nc(N2CCC(CN)CC2)[nH]c(=O)c1CCO. The highest BCUT2D eigenvalue weighted by Crippen LogP contribution is 2.19. The second-order valence-electron chi connectivity index (χ2n) is 5.09. The number of nitrogens with two attached hydrogens (primary N) is 1. The molecule has 106 valence electrons. The number of anilines is 1. The summed E-state index contributed by atoms with van der Waals surface area (Å²) in [5.74, 6) is 1.22. The number of nitrogens with zero attached hydrogens (tertiary/aromatic N) is 2. The van der Waals surface area contributed by atoms with E-state index >= 15 is 0 Å². The van der Waals surface area contributed by atoms with Gasteiger partial charge in [0.25, 0.3) is 5.56 Å². The first kappa shape index (κ1) is 14.0. The third-order valence-corrected chi connectivity index (χ3v) is 3.82. The minimum absolute atomic E-state index is 0.0349. The highest BCUT2D eigenvalue weighted by atomic mass is 16.3. The molecule has 0 aliphatic carbocycles. The Morgan fingerprint density at radius 2 is 2.16 bits per heavy atom. The van der Waals surface area contributed by atoms with Crippen molar-refractivity contribution in [1.82, 2.24) is 9.97 Å². The molecule has 0 aromatic carbocycles. The maximum absolute atomic E-state index is 12.0. The first-order valence-electron chi connectivity index (χ1n) is 6.81. The Bertz CT molecular complexity index is 478. The maximum atomic E-state index is 12.0. The van der Waals surface area contributed by atoms with Crippen LogP contribution in [0.4, 0.5) is 5.95 Å². The molecule has 2 rings (SSSR count). The van der Waals surface area contributed by atoms with Gasteiger partial charge in [-0.05, 0) is 32.2 Å². The van der Waals surface area contributed by atoms with Crippen molar-refractivity contribution in [3.05, 3.63) is 21.6 Å². The molecule has 1 aliphatic rings. The summed E-state index contributed by atoms with van der Waals surface area (Å²) in [7, 11) is 0. The number of aliphatic hydroxyl groups is 1. The molecule has 0 amide bonds. The van der Waals surface area contributed by atoms with Gasteiger partial charge in [0.05, 0.1) is 5.69 Å². The molecule has 1 aromatic rings. The molecule has 1 saturated heterocycles. The standard InChI is InChI=1S/C13H22N4O2/c1-9-11(4-7-18)12(19)16-13(15-9)17-5-2-10(8-14)3-6-17/h10,18H,2-8,14H2,1H3,(H,15,16,19). The molecular weight excluding hydrogens is 244 g/mol. The fraction of sp³-hybridized carbons (Fsp3) is 0.692. The van der Waals surface area contributed by atoms with E-state index in [2.05, 4.69) is 14.9 Å². The van der Waals surface area contributed by atoms with E-state index in [0.29, 0.717) is 29.5 Å². The van der Waals surface area contributed by atoms with Crippen LogP contribution in [0.15, 0.2) is 4.79 Å². The van der Waals surface area contributed by atoms with E-state index in [-0.39, 0.29) is 12.2 Å². The van der Waals surface area contributed by atoms with Gasteiger partial charge >= 0.3 is 0 Å². The number of piperidine rings is 1. The van der Waals surface area contributed by atoms with Crippen LogP contribution in [-0.2, 0) is 6.42 Å². The van der Waals surface area contributed by atoms with Crippen LogP contribution in [0.1, 0.15) is 24.1 Å². The topological polar surface area (TPSA) is 95.2 Å². The molecule has 6 heteroatoms. The number of hydrogen-bond donors (Lipinski definition) is 3. The third kappa shape index (κ3) is 3.13. The second kappa shape index (κ2) is 6.16. The van der Waals surface area contributed by atoms with Crippen molar-refractivity contribution in [2.75, 3.05) is 31.1 Å². The number of rotatable bonds is 4. The van der Waals surface area contributed by atoms with E-state index in [1.807, 2.05) is 6.92 Å². The smallest absolute Gasteiger partial charge is 0.255 e. The Morgan fingerprint density at radius 3 is 2.68 bits per heavy atom. The Hall–Kier alpha value is -1.40. The quantitative estimate of drug-likeness (QED) is 0.701. The molecule has 2 heterocycles. The maximum Gasteiger partial charge on any atom is 0.255 e. The second-order valence-corrected chi connectivity index (χ2v) is 5.09. The summed E-state index contributed by atoms with van der Waals surface area (Å²) in [6.45, 7) is 4.27. The summed E-state index contributed by atoms with van der Waals surface area (Å²) < 4.78 is 0. The number of H-pyrrole nitrogens is 1. The molecule has 4 N–H and O–H groups in total. The van der Waals surface area contributed by atoms with Crippen molar-refractivity contribution in [3.8, 4) is 0 Å². The Kier molecular flexibility index (Phi) is 4.55. The summed E-state index contributed by atoms with van der Waals surface area (Å²) in [5, 5.41) is 8.94. The van der Waals surface area contributed by atoms with Gasteiger partial charge in [0.15, 0.2) is 0 Å². The molecule has 0 saturated carbocycles. The van der Waals surface area contributed by atoms with E-state index in [9.17, 15) is 4.79 Å². The van der Waals surface area contributed by atoms with E-state index in [1.165, 1.54) is 0 Å². The fourth-order valence-corrected chi connectivity index (χ4v) is 2.53. The number of aromatic nitrogens is 2. The Morgan fingerprint density at radius 1 is 1.47 bits per heavy atom. The van der Waals surface area contributed by atoms with Crippen LogP contribution in [0.5, 0.6) is 0 Å². The van der Waals surface area contributed by atoms with Gasteiger partial charge in [0, 0.05) is 31.7 Å². The molecule has 0 spiro atoms. The lowest BCUT2D eigenvalue weighted by Crippen LogP contribution is -2.38. The van der Waals surface area contributed by atoms with Crippen LogP contribution in [-0.4, -0.2) is 41.3 Å². The number of nitrogens with one attached hydrogen (secondary N) is 1. The molecule has 0 bridgehead atoms. The van der Waals surface area contributed by atoms with E-state index < -0.39 is 0 Å². The number of aromatic amines is 1. The molecular formula is C13H22N4O2. The van der Waals surface area contributed by atoms with Crippen molar-refractivity contribution >= 4 is 5.95 Å². The largest absolute Gasteiger partial charge is 0.396 e. The van der Waals surface area contributed by atoms with Gasteiger partial charge < -0.3 is 15.7 Å². The van der Waals surface area contributed by atoms with Gasteiger partial charge in [-0.25, -0.2) is 4.98 Å². The van der Waals surface area contributed by atoms with Gasteiger partial charge in [-0.3, -0.25) is 9.78 Å². The summed E-state index contributed by atoms with van der Waals surface area (Å²) >= 11 is 0. The van der Waals surface area contributed by atoms with E-state index in [4.69, 9.17) is 10.8 Å². The van der Waals surface area contributed by atoms with E-state index in [0.717, 1.165) is 32.5 Å². The molecule has 6 nitrogen and oxygen atoms in total. The van der Waals surface area contributed by atoms with Crippen LogP contribution in [0.2, 0.25) is 0 Å². The monoisotopic (exact) mass is 266 g/mol. The lowest BCUT2D eigenvalue weighted by atomic mass is 9.97. The molecule has 1 fully saturated rings. The predicted octanol–water partition coefficient (Wildman–Crippen LogP) is -0.212. The Balaban J connectivity index is 2.16. The van der Waals surface area contributed by atoms with Crippen molar-refractivity contribution in [1.29, 1.82) is 0 Å². The zero-order chi connectivity index (χ0) is 13.8. The minimum Gasteiger partial charge on any atom is -0.396 e. The zero-order valence-electron chi connectivity index (χ0n) is 11.4. The van der Waals surface area contributed by atoms with Crippen LogP contribution < -0.4 is 16.2 Å². The lowest BCUT2D eigenvalue weighted by Gasteiger charge is -2.31. The summed E-state index contributed by atoms with van der Waals surface area (Å²) in [4.78, 5) is 21.3. The normalized spacial score (nSPS) is 16.9. The molecule has 0 unspecified atom stereocenters. The van der Waals surface area contributed by atoms with Crippen LogP contribution >= 0.6 is 0 Å². The van der Waals surface area contributed by atoms with Crippen molar-refractivity contribution in [3.63, 3.8) is 0 Å². The van der Waals surface area contributed by atoms with Gasteiger partial charge in [-0.2, -0.15) is 0 Å². The zero-order valence-corrected chi connectivity index (χ0v) is 11.4. The molecule has 1 aromatic heterocycles. The number of aryl methyl sites for hydroxylation is 1. The highest BCUT2D eigenvalue weighted by molar-refractivity contribution is 5.33. The fourth-order valence-electron chi connectivity index (χ4n) is 2.53. The molecule has 19 heavy (non-hydrogen) atoms. The van der Waals surface area contributed by atoms with Crippen molar-refractivity contribution in [2.45, 2.75) is 26.2 Å². The van der Waals surface area contributed by atoms with Crippen molar-refractivity contribution < 1.29 is 5.11 Å². The van der Waals surface area contributed by atoms with Gasteiger partial charge in [0.2, 0.25) is 5.95 Å². The average Bonchev–Trinajstić information content (AvgIpc) is 2.43. The number of hydrogen-bond acceptors (Lipinski definition) is 5. The minimum atomic E-state index is -0.141. The molecule has 0 atom stereocenters. The van der Waals surface area contributed by atoms with Gasteiger partial charge in [-0.1, -0.05) is 0 Å². The summed E-state index contributed by atoms with van der Waals surface area (Å²) in [6.07, 6.45) is 2.43. The van der Waals surface area contributed by atoms with Gasteiger partial charge in [-0.15, -0.1) is 0 Å². The predicted molar refractivity (Wildman–Crippen MR) is 74.4 cm³/mol. The van der Waals surface area contributed by atoms with Crippen molar-refractivity contribution in [2.24, 2.45) is 11.7 Å². The van der Waals surface area contributed by atoms with Gasteiger partial charge in [0.1, 0.15) is 0 Å². The lowest BCUT2D eigenvalue weighted by molar-refractivity contribution is 0.298. The highest BCUT2D eigenvalue weighted by Gasteiger charge is 2.20. The molecule has 1 aliphatic heterocycles. The third-order valence-electron chi connectivity index (χ3n) is 3.82. The van der Waals surface area contributed by atoms with Crippen LogP contribution in [0.3, 0.4) is 0 Å².